The van der Waals surface area contributed by atoms with Crippen molar-refractivity contribution in [3.8, 4) is 33.8 Å². The van der Waals surface area contributed by atoms with Crippen molar-refractivity contribution in [1.82, 2.24) is 25.1 Å². The normalized spacial score (nSPS) is 11.3. The fraction of sp³-hybridized carbons (Fsp3) is 0.103. The van der Waals surface area contributed by atoms with Gasteiger partial charge >= 0.3 is 0 Å². The molecule has 182 valence electrons. The van der Waals surface area contributed by atoms with Gasteiger partial charge in [-0.05, 0) is 60.0 Å². The monoisotopic (exact) mass is 490 g/mol. The number of H-pyrrole nitrogens is 2. The highest BCUT2D eigenvalue weighted by atomic mass is 19.1. The molecule has 37 heavy (non-hydrogen) atoms. The van der Waals surface area contributed by atoms with Crippen LogP contribution in [-0.4, -0.2) is 31.1 Å². The maximum atomic E-state index is 13.9. The molecule has 4 heterocycles. The minimum absolute atomic E-state index is 0.0431. The Labute approximate surface area is 211 Å². The lowest BCUT2D eigenvalue weighted by atomic mass is 10.0. The van der Waals surface area contributed by atoms with E-state index >= 15 is 0 Å². The number of carbonyl (C=O) groups is 1. The van der Waals surface area contributed by atoms with Crippen molar-refractivity contribution in [2.45, 2.75) is 19.8 Å². The van der Waals surface area contributed by atoms with Crippen LogP contribution in [0.2, 0.25) is 0 Å². The number of rotatable bonds is 6. The highest BCUT2D eigenvalue weighted by Crippen LogP contribution is 2.34. The van der Waals surface area contributed by atoms with Crippen LogP contribution in [0.3, 0.4) is 0 Å². The number of aromatic nitrogens is 5. The number of benzene rings is 2. The van der Waals surface area contributed by atoms with Gasteiger partial charge in [0.2, 0.25) is 5.91 Å². The first-order valence-corrected chi connectivity index (χ1v) is 12.1. The van der Waals surface area contributed by atoms with Gasteiger partial charge in [-0.3, -0.25) is 14.9 Å². The molecule has 0 radical (unpaired) electrons. The molecule has 0 unspecified atom stereocenters. The summed E-state index contributed by atoms with van der Waals surface area (Å²) in [5.74, 6) is -0.317. The van der Waals surface area contributed by atoms with E-state index in [1.165, 1.54) is 12.1 Å². The zero-order chi connectivity index (χ0) is 25.4. The number of halogens is 1. The van der Waals surface area contributed by atoms with Crippen LogP contribution >= 0.6 is 0 Å². The van der Waals surface area contributed by atoms with Crippen LogP contribution in [0.5, 0.6) is 0 Å². The molecular formula is C29H23FN6O. The highest BCUT2D eigenvalue weighted by molar-refractivity contribution is 6.00. The summed E-state index contributed by atoms with van der Waals surface area (Å²) in [6.07, 6.45) is 4.58. The molecule has 0 spiro atoms. The third-order valence-electron chi connectivity index (χ3n) is 6.26. The van der Waals surface area contributed by atoms with E-state index in [4.69, 9.17) is 4.98 Å². The first kappa shape index (κ1) is 22.6. The Morgan fingerprint density at radius 1 is 0.973 bits per heavy atom. The average Bonchev–Trinajstić information content (AvgIpc) is 3.52. The van der Waals surface area contributed by atoms with Crippen molar-refractivity contribution < 1.29 is 9.18 Å². The molecule has 4 aromatic heterocycles. The molecule has 7 nitrogen and oxygen atoms in total. The van der Waals surface area contributed by atoms with Crippen LogP contribution in [-0.2, 0) is 4.79 Å². The SMILES string of the molecule is CCCC(=O)Nc1cncc(-c2ccc3[nH]nc(-c4cc5c(-c6cccc(F)c6)cccc5[nH]4)c3n2)c1. The van der Waals surface area contributed by atoms with E-state index in [2.05, 4.69) is 25.5 Å². The summed E-state index contributed by atoms with van der Waals surface area (Å²) < 4.78 is 13.9. The molecule has 2 aromatic carbocycles. The van der Waals surface area contributed by atoms with Gasteiger partial charge < -0.3 is 10.3 Å². The Morgan fingerprint density at radius 3 is 2.73 bits per heavy atom. The Kier molecular flexibility index (Phi) is 5.69. The summed E-state index contributed by atoms with van der Waals surface area (Å²) in [6.45, 7) is 1.96. The molecule has 0 aliphatic heterocycles. The first-order valence-electron chi connectivity index (χ1n) is 12.1. The zero-order valence-electron chi connectivity index (χ0n) is 20.0. The van der Waals surface area contributed by atoms with Gasteiger partial charge in [0.15, 0.2) is 0 Å². The number of hydrogen-bond donors (Lipinski definition) is 3. The van der Waals surface area contributed by atoms with Crippen molar-refractivity contribution in [3.05, 3.63) is 84.9 Å². The molecule has 8 heteroatoms. The van der Waals surface area contributed by atoms with Crippen LogP contribution in [0.1, 0.15) is 19.8 Å². The molecule has 0 saturated heterocycles. The van der Waals surface area contributed by atoms with Gasteiger partial charge in [0, 0.05) is 29.1 Å². The van der Waals surface area contributed by atoms with E-state index in [1.54, 1.807) is 18.5 Å². The number of amides is 1. The number of pyridine rings is 2. The van der Waals surface area contributed by atoms with E-state index in [1.807, 2.05) is 55.5 Å². The lowest BCUT2D eigenvalue weighted by Crippen LogP contribution is -2.10. The second-order valence-electron chi connectivity index (χ2n) is 8.89. The number of anilines is 1. The minimum Gasteiger partial charge on any atom is -0.353 e. The fourth-order valence-corrected chi connectivity index (χ4v) is 4.54. The third kappa shape index (κ3) is 4.33. The van der Waals surface area contributed by atoms with Gasteiger partial charge in [-0.25, -0.2) is 9.37 Å². The van der Waals surface area contributed by atoms with Crippen LogP contribution in [0.25, 0.3) is 55.7 Å². The lowest BCUT2D eigenvalue weighted by molar-refractivity contribution is -0.116. The van der Waals surface area contributed by atoms with Gasteiger partial charge in [-0.1, -0.05) is 31.2 Å². The first-order chi connectivity index (χ1) is 18.1. The number of hydrogen-bond acceptors (Lipinski definition) is 4. The van der Waals surface area contributed by atoms with Gasteiger partial charge in [-0.2, -0.15) is 5.10 Å². The molecule has 0 atom stereocenters. The van der Waals surface area contributed by atoms with E-state index < -0.39 is 0 Å². The summed E-state index contributed by atoms with van der Waals surface area (Å²) in [5, 5.41) is 11.4. The van der Waals surface area contributed by atoms with Gasteiger partial charge in [0.05, 0.1) is 28.8 Å². The van der Waals surface area contributed by atoms with Gasteiger partial charge in [-0.15, -0.1) is 0 Å². The molecule has 3 N–H and O–H groups in total. The van der Waals surface area contributed by atoms with Crippen LogP contribution in [0.4, 0.5) is 10.1 Å². The summed E-state index contributed by atoms with van der Waals surface area (Å²) in [6, 6.07) is 20.2. The number of carbonyl (C=O) groups excluding carboxylic acids is 1. The molecule has 0 aliphatic carbocycles. The number of nitrogens with one attached hydrogen (secondary N) is 3. The standard InChI is InChI=1S/C29H23FN6O/c1-2-5-27(37)32-20-13-18(15-31-16-20)23-10-11-25-28(34-23)29(36-35-25)26-14-22-21(8-4-9-24(22)33-26)17-6-3-7-19(30)12-17/h3-4,6-16,33H,2,5H2,1H3,(H,32,37)(H,35,36). The zero-order valence-corrected chi connectivity index (χ0v) is 20.0. The smallest absolute Gasteiger partial charge is 0.224 e. The fourth-order valence-electron chi connectivity index (χ4n) is 4.54. The average molecular weight is 491 g/mol. The minimum atomic E-state index is -0.274. The molecule has 1 amide bonds. The van der Waals surface area contributed by atoms with Crippen molar-refractivity contribution >= 4 is 33.5 Å². The second-order valence-corrected chi connectivity index (χ2v) is 8.89. The van der Waals surface area contributed by atoms with E-state index in [9.17, 15) is 9.18 Å². The largest absolute Gasteiger partial charge is 0.353 e. The molecule has 6 aromatic rings. The second kappa shape index (κ2) is 9.31. The maximum Gasteiger partial charge on any atom is 0.224 e. The third-order valence-corrected chi connectivity index (χ3v) is 6.26. The van der Waals surface area contributed by atoms with Gasteiger partial charge in [0.1, 0.15) is 17.0 Å². The van der Waals surface area contributed by atoms with Gasteiger partial charge in [0.25, 0.3) is 0 Å². The molecule has 6 rings (SSSR count). The Balaban J connectivity index is 1.40. The summed E-state index contributed by atoms with van der Waals surface area (Å²) in [5.41, 5.74) is 7.77. The van der Waals surface area contributed by atoms with Crippen LogP contribution in [0.15, 0.2) is 79.1 Å². The number of nitrogens with zero attached hydrogens (tertiary/aromatic N) is 3. The number of aromatic amines is 2. The molecule has 0 bridgehead atoms. The van der Waals surface area contributed by atoms with E-state index in [-0.39, 0.29) is 11.7 Å². The lowest BCUT2D eigenvalue weighted by Gasteiger charge is -2.06. The maximum absolute atomic E-state index is 13.9. The summed E-state index contributed by atoms with van der Waals surface area (Å²) >= 11 is 0. The molecule has 0 fully saturated rings. The van der Waals surface area contributed by atoms with Crippen molar-refractivity contribution in [2.75, 3.05) is 5.32 Å². The molecular weight excluding hydrogens is 467 g/mol. The Hall–Kier alpha value is -4.85. The van der Waals surface area contributed by atoms with Crippen molar-refractivity contribution in [1.29, 1.82) is 0 Å². The van der Waals surface area contributed by atoms with Crippen LogP contribution < -0.4 is 5.32 Å². The topological polar surface area (TPSA) is 99.4 Å². The summed E-state index contributed by atoms with van der Waals surface area (Å²) in [4.78, 5) is 24.6. The summed E-state index contributed by atoms with van der Waals surface area (Å²) in [7, 11) is 0. The predicted octanol–water partition coefficient (Wildman–Crippen LogP) is 6.71. The molecule has 0 aliphatic rings. The Morgan fingerprint density at radius 2 is 1.86 bits per heavy atom. The highest BCUT2D eigenvalue weighted by Gasteiger charge is 2.16. The quantitative estimate of drug-likeness (QED) is 0.241. The molecule has 0 saturated carbocycles. The van der Waals surface area contributed by atoms with Crippen LogP contribution in [0, 0.1) is 5.82 Å². The van der Waals surface area contributed by atoms with E-state index in [0.29, 0.717) is 29.0 Å². The predicted molar refractivity (Wildman–Crippen MR) is 143 cm³/mol. The van der Waals surface area contributed by atoms with Crippen molar-refractivity contribution in [3.63, 3.8) is 0 Å². The number of fused-ring (bicyclic) bond motifs is 2. The Bertz CT molecular complexity index is 1770. The van der Waals surface area contributed by atoms with E-state index in [0.717, 1.165) is 45.2 Å². The van der Waals surface area contributed by atoms with Crippen molar-refractivity contribution in [2.24, 2.45) is 0 Å².